The molecule has 1 aliphatic carbocycles. The first-order valence-corrected chi connectivity index (χ1v) is 7.44. The van der Waals surface area contributed by atoms with Crippen LogP contribution in [0.25, 0.3) is 0 Å². The molecule has 0 N–H and O–H groups in total. The molecule has 0 bridgehead atoms. The van der Waals surface area contributed by atoms with Crippen LogP contribution in [0.5, 0.6) is 0 Å². The van der Waals surface area contributed by atoms with Crippen molar-refractivity contribution in [2.75, 3.05) is 0 Å². The van der Waals surface area contributed by atoms with E-state index in [4.69, 9.17) is 0 Å². The summed E-state index contributed by atoms with van der Waals surface area (Å²) < 4.78 is 0. The summed E-state index contributed by atoms with van der Waals surface area (Å²) in [6, 6.07) is 8.24. The molecule has 0 aliphatic heterocycles. The second-order valence-corrected chi connectivity index (χ2v) is 4.79. The number of carbonyl (C=O) groups is 1. The average molecular weight is 246 g/mol. The number of Topliss-reactive ketones (excluding diaryl/α,β-unsaturated/α-hetero) is 1. The molecular formula is C17H26O. The zero-order valence-electron chi connectivity index (χ0n) is 12.0. The van der Waals surface area contributed by atoms with E-state index in [2.05, 4.69) is 19.1 Å². The molecule has 1 aromatic carbocycles. The first-order chi connectivity index (χ1) is 8.81. The fraction of sp³-hybridized carbons (Fsp3) is 0.588. The highest BCUT2D eigenvalue weighted by Crippen LogP contribution is 2.29. The Labute approximate surface area is 112 Å². The maximum absolute atomic E-state index is 12.0. The molecule has 1 aliphatic rings. The van der Waals surface area contributed by atoms with Crippen molar-refractivity contribution < 1.29 is 4.79 Å². The Bertz CT molecular complexity index is 346. The minimum Gasteiger partial charge on any atom is -0.294 e. The van der Waals surface area contributed by atoms with Crippen LogP contribution < -0.4 is 0 Å². The van der Waals surface area contributed by atoms with E-state index in [0.717, 1.165) is 24.8 Å². The average Bonchev–Trinajstić information content (AvgIpc) is 2.37. The van der Waals surface area contributed by atoms with Gasteiger partial charge in [0, 0.05) is 11.5 Å². The third-order valence-corrected chi connectivity index (χ3v) is 3.53. The highest BCUT2D eigenvalue weighted by Gasteiger charge is 2.25. The molecule has 0 amide bonds. The smallest absolute Gasteiger partial charge is 0.165 e. The molecule has 1 nitrogen and oxygen atoms in total. The number of rotatable bonds is 5. The Morgan fingerprint density at radius 2 is 1.78 bits per heavy atom. The van der Waals surface area contributed by atoms with Crippen molar-refractivity contribution in [2.45, 2.75) is 59.3 Å². The van der Waals surface area contributed by atoms with Gasteiger partial charge in [0.1, 0.15) is 0 Å². The van der Waals surface area contributed by atoms with Crippen molar-refractivity contribution in [1.82, 2.24) is 0 Å². The molecular weight excluding hydrogens is 220 g/mol. The molecule has 2 rings (SSSR count). The van der Waals surface area contributed by atoms with E-state index < -0.39 is 0 Å². The summed E-state index contributed by atoms with van der Waals surface area (Å²) in [5.74, 6) is 0.676. The lowest BCUT2D eigenvalue weighted by Crippen LogP contribution is -2.21. The zero-order valence-corrected chi connectivity index (χ0v) is 12.0. The SMILES string of the molecule is CC.CCCCc1ccc(C(=O)C2CCC2)cc1. The van der Waals surface area contributed by atoms with Crippen LogP contribution in [0.15, 0.2) is 24.3 Å². The third kappa shape index (κ3) is 3.97. The van der Waals surface area contributed by atoms with Crippen molar-refractivity contribution >= 4 is 5.78 Å². The van der Waals surface area contributed by atoms with Crippen LogP contribution in [0, 0.1) is 5.92 Å². The summed E-state index contributed by atoms with van der Waals surface area (Å²) in [6.45, 7) is 6.20. The fourth-order valence-corrected chi connectivity index (χ4v) is 2.12. The summed E-state index contributed by atoms with van der Waals surface area (Å²) in [5, 5.41) is 0. The standard InChI is InChI=1S/C15H20O.C2H6/c1-2-3-5-12-8-10-14(11-9-12)15(16)13-6-4-7-13;1-2/h8-11,13H,2-7H2,1H3;1-2H3. The first-order valence-electron chi connectivity index (χ1n) is 7.44. The molecule has 1 heteroatoms. The lowest BCUT2D eigenvalue weighted by atomic mass is 9.80. The lowest BCUT2D eigenvalue weighted by Gasteiger charge is -2.23. The predicted molar refractivity (Wildman–Crippen MR) is 78.1 cm³/mol. The van der Waals surface area contributed by atoms with Crippen molar-refractivity contribution in [3.05, 3.63) is 35.4 Å². The number of hydrogen-bond acceptors (Lipinski definition) is 1. The molecule has 0 radical (unpaired) electrons. The number of carbonyl (C=O) groups excluding carboxylic acids is 1. The van der Waals surface area contributed by atoms with E-state index in [1.807, 2.05) is 26.0 Å². The normalized spacial score (nSPS) is 14.4. The molecule has 1 aromatic rings. The Kier molecular flexibility index (Phi) is 6.70. The maximum Gasteiger partial charge on any atom is 0.165 e. The van der Waals surface area contributed by atoms with Crippen LogP contribution in [0.3, 0.4) is 0 Å². The highest BCUT2D eigenvalue weighted by molar-refractivity contribution is 5.98. The molecule has 0 atom stereocenters. The first kappa shape index (κ1) is 14.9. The summed E-state index contributed by atoms with van der Waals surface area (Å²) in [7, 11) is 0. The summed E-state index contributed by atoms with van der Waals surface area (Å²) in [4.78, 5) is 12.0. The van der Waals surface area contributed by atoms with Crippen LogP contribution in [0.1, 0.15) is 68.8 Å². The van der Waals surface area contributed by atoms with Gasteiger partial charge in [0.15, 0.2) is 5.78 Å². The van der Waals surface area contributed by atoms with Gasteiger partial charge in [-0.3, -0.25) is 4.79 Å². The van der Waals surface area contributed by atoms with E-state index in [1.165, 1.54) is 24.8 Å². The molecule has 100 valence electrons. The molecule has 18 heavy (non-hydrogen) atoms. The van der Waals surface area contributed by atoms with Gasteiger partial charge in [0.25, 0.3) is 0 Å². The van der Waals surface area contributed by atoms with Gasteiger partial charge in [-0.2, -0.15) is 0 Å². The van der Waals surface area contributed by atoms with Crippen molar-refractivity contribution in [1.29, 1.82) is 0 Å². The fourth-order valence-electron chi connectivity index (χ4n) is 2.12. The lowest BCUT2D eigenvalue weighted by molar-refractivity contribution is 0.0855. The van der Waals surface area contributed by atoms with E-state index in [9.17, 15) is 4.79 Å². The van der Waals surface area contributed by atoms with Crippen LogP contribution >= 0.6 is 0 Å². The topological polar surface area (TPSA) is 17.1 Å². The summed E-state index contributed by atoms with van der Waals surface area (Å²) in [5.41, 5.74) is 2.26. The molecule has 0 heterocycles. The quantitative estimate of drug-likeness (QED) is 0.665. The number of benzene rings is 1. The Morgan fingerprint density at radius 1 is 1.17 bits per heavy atom. The number of hydrogen-bond donors (Lipinski definition) is 0. The molecule has 1 fully saturated rings. The van der Waals surface area contributed by atoms with Gasteiger partial charge < -0.3 is 0 Å². The van der Waals surface area contributed by atoms with Gasteiger partial charge >= 0.3 is 0 Å². The number of unbranched alkanes of at least 4 members (excludes halogenated alkanes) is 1. The van der Waals surface area contributed by atoms with Crippen LogP contribution in [0.2, 0.25) is 0 Å². The second kappa shape index (κ2) is 8.07. The van der Waals surface area contributed by atoms with Gasteiger partial charge in [0.2, 0.25) is 0 Å². The largest absolute Gasteiger partial charge is 0.294 e. The second-order valence-electron chi connectivity index (χ2n) is 4.79. The minimum atomic E-state index is 0.321. The van der Waals surface area contributed by atoms with Crippen molar-refractivity contribution in [2.24, 2.45) is 5.92 Å². The predicted octanol–water partition coefficient (Wildman–Crippen LogP) is 5.04. The minimum absolute atomic E-state index is 0.321. The van der Waals surface area contributed by atoms with E-state index in [0.29, 0.717) is 11.7 Å². The van der Waals surface area contributed by atoms with Gasteiger partial charge in [-0.15, -0.1) is 0 Å². The number of ketones is 1. The number of aryl methyl sites for hydroxylation is 1. The van der Waals surface area contributed by atoms with E-state index in [-0.39, 0.29) is 0 Å². The monoisotopic (exact) mass is 246 g/mol. The Morgan fingerprint density at radius 3 is 2.22 bits per heavy atom. The zero-order chi connectivity index (χ0) is 13.4. The molecule has 0 spiro atoms. The van der Waals surface area contributed by atoms with Crippen LogP contribution in [0.4, 0.5) is 0 Å². The van der Waals surface area contributed by atoms with Crippen molar-refractivity contribution in [3.63, 3.8) is 0 Å². The van der Waals surface area contributed by atoms with Crippen LogP contribution in [-0.4, -0.2) is 5.78 Å². The van der Waals surface area contributed by atoms with E-state index in [1.54, 1.807) is 0 Å². The molecule has 0 unspecified atom stereocenters. The molecule has 0 aromatic heterocycles. The Balaban J connectivity index is 0.000000771. The highest BCUT2D eigenvalue weighted by atomic mass is 16.1. The van der Waals surface area contributed by atoms with Gasteiger partial charge in [-0.1, -0.05) is 57.9 Å². The maximum atomic E-state index is 12.0. The van der Waals surface area contributed by atoms with Crippen LogP contribution in [-0.2, 0) is 6.42 Å². The van der Waals surface area contributed by atoms with Gasteiger partial charge in [-0.25, -0.2) is 0 Å². The third-order valence-electron chi connectivity index (χ3n) is 3.53. The van der Waals surface area contributed by atoms with Gasteiger partial charge in [-0.05, 0) is 31.2 Å². The Hall–Kier alpha value is -1.11. The molecule has 0 saturated heterocycles. The summed E-state index contributed by atoms with van der Waals surface area (Å²) in [6.07, 6.45) is 7.00. The summed E-state index contributed by atoms with van der Waals surface area (Å²) >= 11 is 0. The molecule has 1 saturated carbocycles. The van der Waals surface area contributed by atoms with Gasteiger partial charge in [0.05, 0.1) is 0 Å². The van der Waals surface area contributed by atoms with Crippen molar-refractivity contribution in [3.8, 4) is 0 Å². The van der Waals surface area contributed by atoms with E-state index >= 15 is 0 Å².